The predicted octanol–water partition coefficient (Wildman–Crippen LogP) is 2.99. The van der Waals surface area contributed by atoms with Crippen molar-refractivity contribution in [3.05, 3.63) is 69.6 Å². The molecule has 31 heavy (non-hydrogen) atoms. The number of methoxy groups -OCH3 is 2. The Balaban J connectivity index is 1.83. The van der Waals surface area contributed by atoms with E-state index in [0.717, 1.165) is 0 Å². The number of carbonyl (C=O) groups is 2. The lowest BCUT2D eigenvalue weighted by Crippen LogP contribution is -2.34. The molecule has 0 radical (unpaired) electrons. The third-order valence-electron chi connectivity index (χ3n) is 5.09. The Morgan fingerprint density at radius 2 is 1.81 bits per heavy atom. The molecule has 0 fully saturated rings. The van der Waals surface area contributed by atoms with E-state index in [-0.39, 0.29) is 18.4 Å². The molecule has 1 unspecified atom stereocenters. The summed E-state index contributed by atoms with van der Waals surface area (Å²) in [5, 5.41) is 12.6. The van der Waals surface area contributed by atoms with E-state index in [2.05, 4.69) is 5.32 Å². The third-order valence-corrected chi connectivity index (χ3v) is 5.09. The zero-order valence-corrected chi connectivity index (χ0v) is 17.4. The molecule has 0 spiro atoms. The molecule has 162 valence electrons. The Bertz CT molecular complexity index is 1170. The lowest BCUT2D eigenvalue weighted by Gasteiger charge is -2.15. The van der Waals surface area contributed by atoms with Crippen molar-refractivity contribution in [2.45, 2.75) is 25.8 Å². The highest BCUT2D eigenvalue weighted by atomic mass is 16.5. The van der Waals surface area contributed by atoms with E-state index in [1.54, 1.807) is 49.4 Å². The van der Waals surface area contributed by atoms with Crippen LogP contribution < -0.4 is 20.4 Å². The molecule has 2 aromatic carbocycles. The van der Waals surface area contributed by atoms with Gasteiger partial charge in [-0.15, -0.1) is 0 Å². The molecule has 0 aliphatic rings. The second-order valence-electron chi connectivity index (χ2n) is 6.92. The molecule has 0 bridgehead atoms. The fraction of sp³-hybridized carbons (Fsp3) is 0.261. The number of rotatable bonds is 8. The van der Waals surface area contributed by atoms with Crippen LogP contribution in [-0.4, -0.2) is 31.2 Å². The van der Waals surface area contributed by atoms with Gasteiger partial charge < -0.3 is 24.3 Å². The van der Waals surface area contributed by atoms with Gasteiger partial charge in [0.2, 0.25) is 11.7 Å². The fourth-order valence-corrected chi connectivity index (χ4v) is 3.46. The summed E-state index contributed by atoms with van der Waals surface area (Å²) in [4.78, 5) is 36.6. The van der Waals surface area contributed by atoms with Crippen LogP contribution in [0.1, 0.15) is 29.2 Å². The molecule has 1 amide bonds. The lowest BCUT2D eigenvalue weighted by molar-refractivity contribution is -0.142. The summed E-state index contributed by atoms with van der Waals surface area (Å²) in [6.45, 7) is 1.77. The lowest BCUT2D eigenvalue weighted by atomic mass is 10.0. The van der Waals surface area contributed by atoms with E-state index in [1.807, 2.05) is 0 Å². The minimum absolute atomic E-state index is 0.0684. The molecule has 1 atom stereocenters. The first kappa shape index (κ1) is 21.9. The van der Waals surface area contributed by atoms with Gasteiger partial charge in [-0.25, -0.2) is 9.59 Å². The monoisotopic (exact) mass is 425 g/mol. The average Bonchev–Trinajstić information content (AvgIpc) is 2.76. The van der Waals surface area contributed by atoms with Crippen LogP contribution in [0.3, 0.4) is 0 Å². The summed E-state index contributed by atoms with van der Waals surface area (Å²) in [5.74, 6) is -0.897. The first-order valence-electron chi connectivity index (χ1n) is 9.61. The van der Waals surface area contributed by atoms with Gasteiger partial charge >= 0.3 is 11.6 Å². The molecule has 0 saturated carbocycles. The van der Waals surface area contributed by atoms with Crippen LogP contribution >= 0.6 is 0 Å². The van der Waals surface area contributed by atoms with E-state index >= 15 is 0 Å². The van der Waals surface area contributed by atoms with Gasteiger partial charge in [-0.1, -0.05) is 30.3 Å². The van der Waals surface area contributed by atoms with Crippen LogP contribution in [-0.2, 0) is 16.0 Å². The minimum Gasteiger partial charge on any atom is -0.493 e. The smallest absolute Gasteiger partial charge is 0.339 e. The highest BCUT2D eigenvalue weighted by molar-refractivity contribution is 5.89. The zero-order chi connectivity index (χ0) is 22.5. The Kier molecular flexibility index (Phi) is 6.59. The number of nitrogens with one attached hydrogen (secondary N) is 1. The molecule has 0 aliphatic heterocycles. The summed E-state index contributed by atoms with van der Waals surface area (Å²) in [6, 6.07) is 10.7. The quantitative estimate of drug-likeness (QED) is 0.533. The minimum atomic E-state index is -1.17. The highest BCUT2D eigenvalue weighted by Crippen LogP contribution is 2.36. The number of benzene rings is 2. The van der Waals surface area contributed by atoms with Gasteiger partial charge in [0.05, 0.1) is 14.2 Å². The van der Waals surface area contributed by atoms with Crippen LogP contribution in [0.15, 0.2) is 51.7 Å². The van der Waals surface area contributed by atoms with Gasteiger partial charge in [0, 0.05) is 17.4 Å². The van der Waals surface area contributed by atoms with Crippen molar-refractivity contribution in [2.75, 3.05) is 14.2 Å². The molecule has 1 aromatic heterocycles. The van der Waals surface area contributed by atoms with Gasteiger partial charge in [-0.3, -0.25) is 4.79 Å². The first-order valence-corrected chi connectivity index (χ1v) is 9.61. The van der Waals surface area contributed by atoms with E-state index in [0.29, 0.717) is 33.6 Å². The Hall–Kier alpha value is -3.81. The first-order chi connectivity index (χ1) is 14.9. The summed E-state index contributed by atoms with van der Waals surface area (Å²) >= 11 is 0. The maximum atomic E-state index is 12.6. The molecule has 8 nitrogen and oxygen atoms in total. The third kappa shape index (κ3) is 4.53. The summed E-state index contributed by atoms with van der Waals surface area (Å²) in [5.41, 5.74) is 1.17. The van der Waals surface area contributed by atoms with Crippen molar-refractivity contribution < 1.29 is 28.6 Å². The largest absolute Gasteiger partial charge is 0.493 e. The molecule has 3 rings (SSSR count). The molecular formula is C23H23NO7. The van der Waals surface area contributed by atoms with E-state index in [4.69, 9.17) is 13.9 Å². The maximum absolute atomic E-state index is 12.6. The standard InChI is InChI=1S/C23H23NO7/c1-13-15-9-11-17(29-2)21(30-3)20(15)31-23(28)16(13)10-12-18(25)24-19(22(26)27)14-7-5-4-6-8-14/h4-9,11,19H,10,12H2,1-3H3,(H,24,25)(H,26,27). The van der Waals surface area contributed by atoms with Crippen molar-refractivity contribution in [3.8, 4) is 11.5 Å². The summed E-state index contributed by atoms with van der Waals surface area (Å²) in [6.07, 6.45) is 0.0342. The second-order valence-corrected chi connectivity index (χ2v) is 6.92. The zero-order valence-electron chi connectivity index (χ0n) is 17.4. The fourth-order valence-electron chi connectivity index (χ4n) is 3.46. The molecule has 2 N–H and O–H groups in total. The van der Waals surface area contributed by atoms with Gasteiger partial charge in [0.25, 0.3) is 0 Å². The van der Waals surface area contributed by atoms with Crippen LogP contribution in [0.5, 0.6) is 11.5 Å². The van der Waals surface area contributed by atoms with Crippen molar-refractivity contribution in [3.63, 3.8) is 0 Å². The number of hydrogen-bond acceptors (Lipinski definition) is 6. The molecular weight excluding hydrogens is 402 g/mol. The topological polar surface area (TPSA) is 115 Å². The van der Waals surface area contributed by atoms with Crippen molar-refractivity contribution in [1.29, 1.82) is 0 Å². The van der Waals surface area contributed by atoms with E-state index < -0.39 is 23.5 Å². The van der Waals surface area contributed by atoms with Crippen molar-refractivity contribution in [1.82, 2.24) is 5.32 Å². The van der Waals surface area contributed by atoms with E-state index in [1.165, 1.54) is 14.2 Å². The summed E-state index contributed by atoms with van der Waals surface area (Å²) in [7, 11) is 2.94. The van der Waals surface area contributed by atoms with Crippen LogP contribution in [0.25, 0.3) is 11.0 Å². The van der Waals surface area contributed by atoms with Crippen molar-refractivity contribution in [2.24, 2.45) is 0 Å². The average molecular weight is 425 g/mol. The maximum Gasteiger partial charge on any atom is 0.339 e. The van der Waals surface area contributed by atoms with Gasteiger partial charge in [-0.05, 0) is 36.6 Å². The number of fused-ring (bicyclic) bond motifs is 1. The normalized spacial score (nSPS) is 11.7. The van der Waals surface area contributed by atoms with Crippen LogP contribution in [0.4, 0.5) is 0 Å². The Labute approximate surface area is 178 Å². The van der Waals surface area contributed by atoms with Crippen LogP contribution in [0, 0.1) is 6.92 Å². The number of amides is 1. The molecule has 8 heteroatoms. The predicted molar refractivity (Wildman–Crippen MR) is 114 cm³/mol. The number of carboxylic acid groups (broad SMARTS) is 1. The summed E-state index contributed by atoms with van der Waals surface area (Å²) < 4.78 is 16.0. The Morgan fingerprint density at radius 3 is 2.42 bits per heavy atom. The molecule has 0 saturated heterocycles. The van der Waals surface area contributed by atoms with Gasteiger partial charge in [0.15, 0.2) is 17.4 Å². The number of aliphatic carboxylic acids is 1. The molecule has 0 aliphatic carbocycles. The second kappa shape index (κ2) is 9.34. The number of hydrogen-bond donors (Lipinski definition) is 2. The number of ether oxygens (including phenoxy) is 2. The number of carbonyl (C=O) groups excluding carboxylic acids is 1. The molecule has 3 aromatic rings. The van der Waals surface area contributed by atoms with Crippen molar-refractivity contribution >= 4 is 22.8 Å². The van der Waals surface area contributed by atoms with Crippen LogP contribution in [0.2, 0.25) is 0 Å². The number of carboxylic acids is 1. The number of aryl methyl sites for hydroxylation is 1. The SMILES string of the molecule is COc1ccc2c(C)c(CCC(=O)NC(C(=O)O)c3ccccc3)c(=O)oc2c1OC. The molecule has 1 heterocycles. The van der Waals surface area contributed by atoms with Gasteiger partial charge in [-0.2, -0.15) is 0 Å². The Morgan fingerprint density at radius 1 is 1.10 bits per heavy atom. The van der Waals surface area contributed by atoms with Gasteiger partial charge in [0.1, 0.15) is 0 Å². The van der Waals surface area contributed by atoms with E-state index in [9.17, 15) is 19.5 Å². The highest BCUT2D eigenvalue weighted by Gasteiger charge is 2.23.